The highest BCUT2D eigenvalue weighted by Gasteiger charge is 2.20. The van der Waals surface area contributed by atoms with Gasteiger partial charge in [0.2, 0.25) is 5.91 Å². The van der Waals surface area contributed by atoms with Gasteiger partial charge in [-0.05, 0) is 32.0 Å². The number of carbonyl (C=O) groups excluding carboxylic acids is 1. The predicted octanol–water partition coefficient (Wildman–Crippen LogP) is 3.68. The molecule has 0 bridgehead atoms. The topological polar surface area (TPSA) is 73.0 Å². The lowest BCUT2D eigenvalue weighted by molar-refractivity contribution is -0.115. The molecule has 3 aromatic rings. The first-order chi connectivity index (χ1) is 11.7. The summed E-state index contributed by atoms with van der Waals surface area (Å²) in [6.07, 6.45) is 3.24. The molecule has 7 heteroatoms. The van der Waals surface area contributed by atoms with Crippen molar-refractivity contribution in [2.75, 3.05) is 5.32 Å². The SMILES string of the molecule is CCn1c(SC(C)C(=O)Nc2ccccc2)nnc1-c1ccoc1. The van der Waals surface area contributed by atoms with Crippen molar-refractivity contribution in [2.24, 2.45) is 0 Å². The summed E-state index contributed by atoms with van der Waals surface area (Å²) >= 11 is 1.39. The van der Waals surface area contributed by atoms with E-state index >= 15 is 0 Å². The molecule has 0 fully saturated rings. The van der Waals surface area contributed by atoms with Crippen LogP contribution in [0.5, 0.6) is 0 Å². The number of nitrogens with one attached hydrogen (secondary N) is 1. The molecule has 0 saturated heterocycles. The molecule has 2 heterocycles. The van der Waals surface area contributed by atoms with Gasteiger partial charge in [0.15, 0.2) is 11.0 Å². The third-order valence-electron chi connectivity index (χ3n) is 3.51. The highest BCUT2D eigenvalue weighted by atomic mass is 32.2. The van der Waals surface area contributed by atoms with E-state index in [9.17, 15) is 4.79 Å². The smallest absolute Gasteiger partial charge is 0.237 e. The third kappa shape index (κ3) is 3.51. The fourth-order valence-corrected chi connectivity index (χ4v) is 3.16. The number of benzene rings is 1. The van der Waals surface area contributed by atoms with Crippen LogP contribution in [-0.4, -0.2) is 25.9 Å². The standard InChI is InChI=1S/C17H18N4O2S/c1-3-21-15(13-9-10-23-11-13)19-20-17(21)24-12(2)16(22)18-14-7-5-4-6-8-14/h4-12H,3H2,1-2H3,(H,18,22). The van der Waals surface area contributed by atoms with Crippen LogP contribution in [0.25, 0.3) is 11.4 Å². The van der Waals surface area contributed by atoms with E-state index in [-0.39, 0.29) is 11.2 Å². The monoisotopic (exact) mass is 342 g/mol. The molecule has 1 aromatic carbocycles. The number of rotatable bonds is 6. The highest BCUT2D eigenvalue weighted by Crippen LogP contribution is 2.27. The zero-order valence-corrected chi connectivity index (χ0v) is 14.3. The summed E-state index contributed by atoms with van der Waals surface area (Å²) in [6, 6.07) is 11.3. The van der Waals surface area contributed by atoms with E-state index in [1.807, 2.05) is 54.8 Å². The molecule has 0 radical (unpaired) electrons. The van der Waals surface area contributed by atoms with Gasteiger partial charge in [0.25, 0.3) is 0 Å². The molecule has 1 amide bonds. The Morgan fingerprint density at radius 3 is 2.75 bits per heavy atom. The molecular formula is C17H18N4O2S. The molecule has 24 heavy (non-hydrogen) atoms. The molecule has 0 saturated carbocycles. The first kappa shape index (κ1) is 16.3. The maximum atomic E-state index is 12.3. The van der Waals surface area contributed by atoms with Crippen molar-refractivity contribution < 1.29 is 9.21 Å². The molecule has 124 valence electrons. The van der Waals surface area contributed by atoms with Crippen molar-refractivity contribution >= 4 is 23.4 Å². The molecule has 0 spiro atoms. The van der Waals surface area contributed by atoms with Gasteiger partial charge in [-0.25, -0.2) is 0 Å². The molecule has 1 atom stereocenters. The van der Waals surface area contributed by atoms with Crippen LogP contribution in [0.1, 0.15) is 13.8 Å². The fraction of sp³-hybridized carbons (Fsp3) is 0.235. The highest BCUT2D eigenvalue weighted by molar-refractivity contribution is 8.00. The average molecular weight is 342 g/mol. The summed E-state index contributed by atoms with van der Waals surface area (Å²) in [7, 11) is 0. The predicted molar refractivity (Wildman–Crippen MR) is 93.8 cm³/mol. The number of para-hydroxylation sites is 1. The Kier molecular flexibility index (Phi) is 5.00. The van der Waals surface area contributed by atoms with E-state index in [0.29, 0.717) is 11.7 Å². The van der Waals surface area contributed by atoms with Gasteiger partial charge in [0.1, 0.15) is 6.26 Å². The second-order valence-electron chi connectivity index (χ2n) is 5.18. The molecule has 0 aliphatic heterocycles. The molecule has 2 aromatic heterocycles. The minimum absolute atomic E-state index is 0.0679. The summed E-state index contributed by atoms with van der Waals surface area (Å²) in [5.74, 6) is 0.672. The summed E-state index contributed by atoms with van der Waals surface area (Å²) in [5.41, 5.74) is 1.66. The van der Waals surface area contributed by atoms with E-state index < -0.39 is 0 Å². The lowest BCUT2D eigenvalue weighted by Gasteiger charge is -2.12. The Hall–Kier alpha value is -2.54. The molecule has 1 N–H and O–H groups in total. The summed E-state index contributed by atoms with van der Waals surface area (Å²) in [6.45, 7) is 4.59. The Labute approximate surface area is 144 Å². The number of nitrogens with zero attached hydrogens (tertiary/aromatic N) is 3. The first-order valence-corrected chi connectivity index (χ1v) is 8.55. The number of amides is 1. The van der Waals surface area contributed by atoms with Gasteiger partial charge in [0, 0.05) is 12.2 Å². The quantitative estimate of drug-likeness (QED) is 0.692. The van der Waals surface area contributed by atoms with Crippen molar-refractivity contribution in [3.8, 4) is 11.4 Å². The minimum atomic E-state index is -0.295. The number of hydrogen-bond acceptors (Lipinski definition) is 5. The Balaban J connectivity index is 1.72. The fourth-order valence-electron chi connectivity index (χ4n) is 2.24. The molecular weight excluding hydrogens is 324 g/mol. The van der Waals surface area contributed by atoms with Crippen molar-refractivity contribution in [3.05, 3.63) is 48.9 Å². The summed E-state index contributed by atoms with van der Waals surface area (Å²) < 4.78 is 7.09. The number of furan rings is 1. The summed E-state index contributed by atoms with van der Waals surface area (Å²) in [4.78, 5) is 12.3. The molecule has 1 unspecified atom stereocenters. The lowest BCUT2D eigenvalue weighted by Crippen LogP contribution is -2.22. The van der Waals surface area contributed by atoms with Crippen LogP contribution < -0.4 is 5.32 Å². The largest absolute Gasteiger partial charge is 0.472 e. The first-order valence-electron chi connectivity index (χ1n) is 7.67. The van der Waals surface area contributed by atoms with Crippen molar-refractivity contribution in [2.45, 2.75) is 30.8 Å². The zero-order chi connectivity index (χ0) is 16.9. The van der Waals surface area contributed by atoms with Gasteiger partial charge >= 0.3 is 0 Å². The van der Waals surface area contributed by atoms with Crippen molar-refractivity contribution in [3.63, 3.8) is 0 Å². The number of thioether (sulfide) groups is 1. The molecule has 0 aliphatic carbocycles. The van der Waals surface area contributed by atoms with E-state index in [2.05, 4.69) is 15.5 Å². The van der Waals surface area contributed by atoms with Crippen LogP contribution in [0.2, 0.25) is 0 Å². The Morgan fingerprint density at radius 2 is 2.08 bits per heavy atom. The van der Waals surface area contributed by atoms with Gasteiger partial charge in [-0.2, -0.15) is 0 Å². The average Bonchev–Trinajstić information content (AvgIpc) is 3.24. The van der Waals surface area contributed by atoms with Crippen molar-refractivity contribution in [1.82, 2.24) is 14.8 Å². The van der Waals surface area contributed by atoms with Gasteiger partial charge in [0.05, 0.1) is 17.1 Å². The molecule has 0 aliphatic rings. The number of carbonyl (C=O) groups is 1. The van der Waals surface area contributed by atoms with E-state index in [1.165, 1.54) is 11.8 Å². The van der Waals surface area contributed by atoms with Gasteiger partial charge < -0.3 is 14.3 Å². The minimum Gasteiger partial charge on any atom is -0.472 e. The maximum absolute atomic E-state index is 12.3. The summed E-state index contributed by atoms with van der Waals surface area (Å²) in [5, 5.41) is 11.8. The second-order valence-corrected chi connectivity index (χ2v) is 6.49. The molecule has 6 nitrogen and oxygen atoms in total. The van der Waals surface area contributed by atoms with E-state index in [4.69, 9.17) is 4.42 Å². The van der Waals surface area contributed by atoms with Gasteiger partial charge in [-0.1, -0.05) is 30.0 Å². The Morgan fingerprint density at radius 1 is 1.29 bits per heavy atom. The third-order valence-corrected chi connectivity index (χ3v) is 4.59. The van der Waals surface area contributed by atoms with Crippen LogP contribution in [0.3, 0.4) is 0 Å². The molecule has 3 rings (SSSR count). The second kappa shape index (κ2) is 7.35. The van der Waals surface area contributed by atoms with Crippen LogP contribution >= 0.6 is 11.8 Å². The number of anilines is 1. The zero-order valence-electron chi connectivity index (χ0n) is 13.5. The van der Waals surface area contributed by atoms with E-state index in [1.54, 1.807) is 12.5 Å². The van der Waals surface area contributed by atoms with Crippen molar-refractivity contribution in [1.29, 1.82) is 0 Å². The van der Waals surface area contributed by atoms with Gasteiger partial charge in [-0.3, -0.25) is 4.79 Å². The van der Waals surface area contributed by atoms with Gasteiger partial charge in [-0.15, -0.1) is 10.2 Å². The Bertz CT molecular complexity index is 799. The maximum Gasteiger partial charge on any atom is 0.237 e. The van der Waals surface area contributed by atoms with Crippen LogP contribution in [0.15, 0.2) is 58.5 Å². The number of hydrogen-bond donors (Lipinski definition) is 1. The van der Waals surface area contributed by atoms with Crippen LogP contribution in [-0.2, 0) is 11.3 Å². The van der Waals surface area contributed by atoms with Crippen LogP contribution in [0.4, 0.5) is 5.69 Å². The van der Waals surface area contributed by atoms with E-state index in [0.717, 1.165) is 17.1 Å². The van der Waals surface area contributed by atoms with Crippen LogP contribution in [0, 0.1) is 0 Å². The number of aromatic nitrogens is 3. The normalized spacial score (nSPS) is 12.1. The lowest BCUT2D eigenvalue weighted by atomic mass is 10.3.